The highest BCUT2D eigenvalue weighted by molar-refractivity contribution is 6.23. The molecule has 3 heterocycles. The summed E-state index contributed by atoms with van der Waals surface area (Å²) in [4.78, 5) is 59.8. The van der Waals surface area contributed by atoms with E-state index in [1.54, 1.807) is 45.9 Å². The summed E-state index contributed by atoms with van der Waals surface area (Å²) >= 11 is 0. The fourth-order valence-corrected chi connectivity index (χ4v) is 8.16. The number of carbonyl (C=O) groups is 3. The first kappa shape index (κ1) is 43.0. The second-order valence-corrected chi connectivity index (χ2v) is 16.0. The van der Waals surface area contributed by atoms with Gasteiger partial charge < -0.3 is 44.4 Å². The van der Waals surface area contributed by atoms with Crippen LogP contribution in [0.4, 0.5) is 10.1 Å². The molecule has 0 fully saturated rings. The van der Waals surface area contributed by atoms with Gasteiger partial charge in [0.2, 0.25) is 11.2 Å². The molecular weight excluding hydrogens is 767 g/mol. The number of amides is 1. The van der Waals surface area contributed by atoms with Crippen molar-refractivity contribution in [2.45, 2.75) is 91.8 Å². The molecule has 1 aliphatic carbocycles. The molecule has 0 aromatic heterocycles. The van der Waals surface area contributed by atoms with Gasteiger partial charge in [-0.1, -0.05) is 58.1 Å². The van der Waals surface area contributed by atoms with Gasteiger partial charge in [-0.25, -0.2) is 9.37 Å². The van der Waals surface area contributed by atoms with Crippen LogP contribution in [-0.2, 0) is 19.1 Å². The van der Waals surface area contributed by atoms with Crippen LogP contribution in [0.1, 0.15) is 70.8 Å². The molecule has 15 heteroatoms. The summed E-state index contributed by atoms with van der Waals surface area (Å²) in [6, 6.07) is 1.74. The summed E-state index contributed by atoms with van der Waals surface area (Å²) in [5.74, 6) is -6.85. The Kier molecular flexibility index (Phi) is 11.8. The highest BCUT2D eigenvalue weighted by atomic mass is 19.1. The number of ketones is 1. The largest absolute Gasteiger partial charge is 0.507 e. The number of esters is 1. The Morgan fingerprint density at radius 1 is 1.00 bits per heavy atom. The van der Waals surface area contributed by atoms with Crippen molar-refractivity contribution in [1.82, 2.24) is 4.98 Å². The summed E-state index contributed by atoms with van der Waals surface area (Å²) in [6.07, 6.45) is 4.10. The van der Waals surface area contributed by atoms with Crippen LogP contribution in [0, 0.1) is 36.4 Å². The molecule has 0 radical (unpaired) electrons. The summed E-state index contributed by atoms with van der Waals surface area (Å²) in [5.41, 5.74) is -3.69. The van der Waals surface area contributed by atoms with Crippen LogP contribution in [0.25, 0.3) is 33.3 Å². The number of halogens is 1. The third-order valence-corrected chi connectivity index (χ3v) is 11.8. The Hall–Kier alpha value is -5.64. The van der Waals surface area contributed by atoms with E-state index >= 15 is 0 Å². The second-order valence-electron chi connectivity index (χ2n) is 16.0. The molecule has 0 saturated carbocycles. The van der Waals surface area contributed by atoms with E-state index in [1.165, 1.54) is 47.0 Å². The number of carbonyl (C=O) groups excluding carboxylic acids is 3. The van der Waals surface area contributed by atoms with Crippen molar-refractivity contribution in [2.24, 2.45) is 23.7 Å². The Balaban J connectivity index is 1.60. The minimum Gasteiger partial charge on any atom is -0.507 e. The number of phenols is 2. The number of nitrogens with zero attached hydrogens (tertiary/aromatic N) is 1. The quantitative estimate of drug-likeness (QED) is 0.0656. The number of benzene rings is 3. The molecular formula is C44H49FN2O12. The number of aromatic hydroxyl groups is 2. The van der Waals surface area contributed by atoms with Crippen LogP contribution < -0.4 is 15.5 Å². The first-order valence-corrected chi connectivity index (χ1v) is 19.3. The number of allylic oxidation sites excluding steroid dienone is 2. The number of hydrogen-bond donors (Lipinski definition) is 5. The first-order valence-electron chi connectivity index (χ1n) is 19.3. The van der Waals surface area contributed by atoms with E-state index in [9.17, 15) is 44.0 Å². The number of hydrogen-bond acceptors (Lipinski definition) is 13. The Morgan fingerprint density at radius 3 is 2.36 bits per heavy atom. The molecule has 4 bridgehead atoms. The number of Topliss-reactive ketones (excluding diaryl/α,β-unsaturated/α-hetero) is 1. The Labute approximate surface area is 339 Å². The molecule has 59 heavy (non-hydrogen) atoms. The molecule has 9 atom stereocenters. The normalized spacial score (nSPS) is 30.3. The fraction of sp³-hybridized carbons (Fsp3) is 0.432. The first-order chi connectivity index (χ1) is 27.7. The highest BCUT2D eigenvalue weighted by Gasteiger charge is 2.48. The number of fused-ring (bicyclic) bond motifs is 2. The van der Waals surface area contributed by atoms with Crippen LogP contribution in [0.5, 0.6) is 17.2 Å². The Bertz CT molecular complexity index is 2490. The van der Waals surface area contributed by atoms with E-state index in [-0.39, 0.29) is 62.2 Å². The Morgan fingerprint density at radius 2 is 1.69 bits per heavy atom. The standard InChI is InChI=1S/C44H49FN2O12/c1-18-12-10-13-19(2)43(55)47-34-38(53)30-29(33-41(34)58-28-17-25(45)16-26(49)32(28)46-33)31-40(23(6)37(30)52)59-44(8,42(31)54)15-11-14-27(56-9)20(3)39(57-24(7)48)22(5)36(51)21(4)35(18)50/h10-14,16-18,20-22,27,35-36,39,49-52H,15H2,1-9H3,(H,47,55)/b12-10+,14-11+,19-13-/t18-,20+,21+,22+,27-,35-,36+,39+,44+/m0/s1. The molecule has 0 unspecified atom stereocenters. The lowest BCUT2D eigenvalue weighted by Crippen LogP contribution is -2.46. The van der Waals surface area contributed by atoms with Gasteiger partial charge in [0.05, 0.1) is 29.3 Å². The smallest absolute Gasteiger partial charge is 0.302 e. The van der Waals surface area contributed by atoms with Crippen molar-refractivity contribution in [3.63, 3.8) is 0 Å². The maximum Gasteiger partial charge on any atom is 0.302 e. The van der Waals surface area contributed by atoms with Gasteiger partial charge in [-0.3, -0.25) is 19.2 Å². The van der Waals surface area contributed by atoms with Crippen molar-refractivity contribution in [3.05, 3.63) is 75.3 Å². The number of rotatable bonds is 2. The average Bonchev–Trinajstić information content (AvgIpc) is 3.45. The minimum atomic E-state index is -1.61. The molecule has 2 aromatic carbocycles. The van der Waals surface area contributed by atoms with Crippen molar-refractivity contribution in [1.29, 1.82) is 0 Å². The number of anilines is 1. The van der Waals surface area contributed by atoms with Crippen molar-refractivity contribution in [3.8, 4) is 28.7 Å². The number of methoxy groups -OCH3 is 1. The van der Waals surface area contributed by atoms with Gasteiger partial charge in [0.25, 0.3) is 5.91 Å². The molecule has 1 amide bonds. The fourth-order valence-electron chi connectivity index (χ4n) is 8.16. The number of aromatic nitrogens is 1. The van der Waals surface area contributed by atoms with E-state index < -0.39 is 99.8 Å². The predicted molar refractivity (Wildman–Crippen MR) is 216 cm³/mol. The maximum atomic E-state index is 14.6. The van der Waals surface area contributed by atoms with Crippen molar-refractivity contribution >= 4 is 45.2 Å². The minimum absolute atomic E-state index is 0.0328. The zero-order chi connectivity index (χ0) is 43.4. The van der Waals surface area contributed by atoms with E-state index in [4.69, 9.17) is 18.6 Å². The van der Waals surface area contributed by atoms with Crippen molar-refractivity contribution < 1.29 is 57.8 Å². The second kappa shape index (κ2) is 16.2. The molecule has 0 spiro atoms. The average molecular weight is 817 g/mol. The van der Waals surface area contributed by atoms with Gasteiger partial charge in [-0.2, -0.15) is 0 Å². The lowest BCUT2D eigenvalue weighted by atomic mass is 9.78. The van der Waals surface area contributed by atoms with Gasteiger partial charge in [-0.15, -0.1) is 0 Å². The topological polar surface area (TPSA) is 215 Å². The summed E-state index contributed by atoms with van der Waals surface area (Å²) in [5, 5.41) is 47.3. The maximum absolute atomic E-state index is 14.6. The van der Waals surface area contributed by atoms with Crippen molar-refractivity contribution in [2.75, 3.05) is 12.4 Å². The SMILES string of the molecule is CO[C@H]1/C=C/C[C@@]2(C)Oc3c(C)c(O)c4c(=O)c(c5oc6cc(F)cc(O)c6nc-5c4c3C2=O)NC(=O)/C(C)=C\C=C\[C@H](C)[C@H](O)[C@@H](C)[C@@H](O)[C@@H](C)[C@H](OC(C)=O)[C@@H]1C. The zero-order valence-corrected chi connectivity index (χ0v) is 34.2. The predicted octanol–water partition coefficient (Wildman–Crippen LogP) is 6.25. The number of aliphatic hydroxyl groups excluding tert-OH is 2. The van der Waals surface area contributed by atoms with Gasteiger partial charge in [0.15, 0.2) is 16.9 Å². The van der Waals surface area contributed by atoms with Crippen LogP contribution in [0.2, 0.25) is 0 Å². The highest BCUT2D eigenvalue weighted by Crippen LogP contribution is 2.51. The van der Waals surface area contributed by atoms with E-state index in [0.29, 0.717) is 0 Å². The summed E-state index contributed by atoms with van der Waals surface area (Å²) in [7, 11) is 1.46. The number of nitrogens with one attached hydrogen (secondary N) is 1. The van der Waals surface area contributed by atoms with Gasteiger partial charge in [0.1, 0.15) is 46.1 Å². The molecule has 0 saturated heterocycles. The van der Waals surface area contributed by atoms with Crippen LogP contribution >= 0.6 is 0 Å². The monoisotopic (exact) mass is 816 g/mol. The number of ether oxygens (including phenoxy) is 3. The number of aliphatic hydroxyl groups is 2. The van der Waals surface area contributed by atoms with E-state index in [0.717, 1.165) is 12.1 Å². The summed E-state index contributed by atoms with van der Waals surface area (Å²) < 4.78 is 38.5. The third-order valence-electron chi connectivity index (χ3n) is 11.8. The molecule has 6 rings (SSSR count). The van der Waals surface area contributed by atoms with Crippen LogP contribution in [0.15, 0.2) is 57.3 Å². The number of phenolic OH excluding ortho intramolecular Hbond substituents is 2. The van der Waals surface area contributed by atoms with Gasteiger partial charge in [-0.05, 0) is 20.8 Å². The zero-order valence-electron chi connectivity index (χ0n) is 34.2. The van der Waals surface area contributed by atoms with Crippen LogP contribution in [-0.4, -0.2) is 80.2 Å². The molecule has 3 aliphatic heterocycles. The van der Waals surface area contributed by atoms with Gasteiger partial charge in [0, 0.05) is 72.8 Å². The third kappa shape index (κ3) is 7.58. The molecule has 5 N–H and O–H groups in total. The van der Waals surface area contributed by atoms with Gasteiger partial charge >= 0.3 is 5.97 Å². The molecule has 14 nitrogen and oxygen atoms in total. The van der Waals surface area contributed by atoms with Crippen LogP contribution in [0.3, 0.4) is 0 Å². The van der Waals surface area contributed by atoms with E-state index in [1.807, 2.05) is 0 Å². The van der Waals surface area contributed by atoms with E-state index in [2.05, 4.69) is 10.3 Å². The molecule has 2 aromatic rings. The summed E-state index contributed by atoms with van der Waals surface area (Å²) in [6.45, 7) is 12.6. The lowest BCUT2D eigenvalue weighted by molar-refractivity contribution is -0.160. The molecule has 314 valence electrons. The lowest BCUT2D eigenvalue weighted by Gasteiger charge is -2.38. The molecule has 4 aliphatic rings.